The Morgan fingerprint density at radius 1 is 1.22 bits per heavy atom. The predicted octanol–water partition coefficient (Wildman–Crippen LogP) is -0.171. The van der Waals surface area contributed by atoms with E-state index in [0.717, 1.165) is 52.4 Å². The summed E-state index contributed by atoms with van der Waals surface area (Å²) in [7, 11) is 1.74. The van der Waals surface area contributed by atoms with Crippen molar-refractivity contribution >= 4 is 5.96 Å². The van der Waals surface area contributed by atoms with Gasteiger partial charge in [-0.3, -0.25) is 4.99 Å². The molecule has 0 bridgehead atoms. The topological polar surface area (TPSA) is 69.3 Å². The summed E-state index contributed by atoms with van der Waals surface area (Å²) in [6, 6.07) is 0. The molecule has 0 spiro atoms. The maximum Gasteiger partial charge on any atom is 0.191 e. The molecule has 0 aliphatic carbocycles. The second-order valence-electron chi connectivity index (χ2n) is 4.77. The molecular formula is C12H23N3O3. The predicted molar refractivity (Wildman–Crippen MR) is 68.7 cm³/mol. The smallest absolute Gasteiger partial charge is 0.191 e. The second kappa shape index (κ2) is 6.36. The molecule has 6 heteroatoms. The Bertz CT molecular complexity index is 284. The fraction of sp³-hybridized carbons (Fsp3) is 0.917. The molecule has 0 aromatic rings. The molecule has 6 nitrogen and oxygen atoms in total. The maximum atomic E-state index is 6.01. The molecule has 2 saturated heterocycles. The minimum absolute atomic E-state index is 0.199. The molecule has 2 aliphatic rings. The fourth-order valence-electron chi connectivity index (χ4n) is 2.29. The zero-order chi connectivity index (χ0) is 12.8. The molecule has 2 fully saturated rings. The fourth-order valence-corrected chi connectivity index (χ4v) is 2.29. The van der Waals surface area contributed by atoms with E-state index >= 15 is 0 Å². The van der Waals surface area contributed by atoms with Crippen LogP contribution in [0.5, 0.6) is 0 Å². The molecule has 0 aromatic carbocycles. The number of nitrogens with zero attached hydrogens (tertiary/aromatic N) is 2. The Morgan fingerprint density at radius 2 is 1.83 bits per heavy atom. The monoisotopic (exact) mass is 257 g/mol. The van der Waals surface area contributed by atoms with Gasteiger partial charge in [0, 0.05) is 46.3 Å². The van der Waals surface area contributed by atoms with Crippen molar-refractivity contribution in [3.8, 4) is 0 Å². The number of guanidine groups is 1. The van der Waals surface area contributed by atoms with Gasteiger partial charge in [0.05, 0.1) is 25.4 Å². The Morgan fingerprint density at radius 3 is 2.44 bits per heavy atom. The summed E-state index contributed by atoms with van der Waals surface area (Å²) < 4.78 is 16.3. The van der Waals surface area contributed by atoms with Crippen LogP contribution < -0.4 is 5.73 Å². The van der Waals surface area contributed by atoms with E-state index in [-0.39, 0.29) is 5.60 Å². The summed E-state index contributed by atoms with van der Waals surface area (Å²) in [6.45, 7) is 5.16. The summed E-state index contributed by atoms with van der Waals surface area (Å²) in [5.74, 6) is 0.598. The minimum atomic E-state index is -0.199. The van der Waals surface area contributed by atoms with E-state index in [1.54, 1.807) is 7.11 Å². The number of hydrogen-bond donors (Lipinski definition) is 1. The highest BCUT2D eigenvalue weighted by Crippen LogP contribution is 2.24. The number of morpholine rings is 1. The van der Waals surface area contributed by atoms with E-state index in [2.05, 4.69) is 9.89 Å². The van der Waals surface area contributed by atoms with Crippen molar-refractivity contribution in [1.82, 2.24) is 4.90 Å². The van der Waals surface area contributed by atoms with Crippen LogP contribution in [0.3, 0.4) is 0 Å². The molecule has 2 heterocycles. The van der Waals surface area contributed by atoms with Crippen LogP contribution >= 0.6 is 0 Å². The molecule has 0 unspecified atom stereocenters. The zero-order valence-electron chi connectivity index (χ0n) is 11.1. The van der Waals surface area contributed by atoms with Crippen molar-refractivity contribution in [1.29, 1.82) is 0 Å². The summed E-state index contributed by atoms with van der Waals surface area (Å²) in [4.78, 5) is 6.56. The van der Waals surface area contributed by atoms with Gasteiger partial charge in [-0.05, 0) is 0 Å². The molecule has 0 amide bonds. The van der Waals surface area contributed by atoms with Gasteiger partial charge in [-0.1, -0.05) is 0 Å². The lowest BCUT2D eigenvalue weighted by atomic mass is 9.94. The SMILES string of the molecule is COC1(CN=C(N)N2CCOCC2)CCOCC1. The molecule has 2 N–H and O–H groups in total. The summed E-state index contributed by atoms with van der Waals surface area (Å²) in [5.41, 5.74) is 5.81. The number of hydrogen-bond acceptors (Lipinski definition) is 4. The van der Waals surface area contributed by atoms with Gasteiger partial charge in [0.1, 0.15) is 0 Å². The van der Waals surface area contributed by atoms with Crippen LogP contribution in [-0.2, 0) is 14.2 Å². The minimum Gasteiger partial charge on any atom is -0.381 e. The van der Waals surface area contributed by atoms with Gasteiger partial charge >= 0.3 is 0 Å². The Labute approximate surface area is 108 Å². The second-order valence-corrected chi connectivity index (χ2v) is 4.77. The largest absolute Gasteiger partial charge is 0.381 e. The lowest BCUT2D eigenvalue weighted by molar-refractivity contribution is -0.0829. The number of nitrogens with two attached hydrogens (primary N) is 1. The van der Waals surface area contributed by atoms with Crippen molar-refractivity contribution in [3.05, 3.63) is 0 Å². The van der Waals surface area contributed by atoms with Gasteiger partial charge in [0.2, 0.25) is 0 Å². The number of rotatable bonds is 3. The lowest BCUT2D eigenvalue weighted by Gasteiger charge is -2.35. The third-order valence-electron chi connectivity index (χ3n) is 3.70. The first-order valence-corrected chi connectivity index (χ1v) is 6.51. The Kier molecular flexibility index (Phi) is 4.79. The number of aliphatic imine (C=N–C) groups is 1. The van der Waals surface area contributed by atoms with Gasteiger partial charge in [-0.15, -0.1) is 0 Å². The van der Waals surface area contributed by atoms with Crippen molar-refractivity contribution < 1.29 is 14.2 Å². The van der Waals surface area contributed by atoms with Gasteiger partial charge in [0.25, 0.3) is 0 Å². The molecule has 0 radical (unpaired) electrons. The van der Waals surface area contributed by atoms with E-state index in [1.807, 2.05) is 0 Å². The summed E-state index contributed by atoms with van der Waals surface area (Å²) >= 11 is 0. The first-order valence-electron chi connectivity index (χ1n) is 6.51. The summed E-state index contributed by atoms with van der Waals surface area (Å²) in [6.07, 6.45) is 1.76. The van der Waals surface area contributed by atoms with E-state index < -0.39 is 0 Å². The van der Waals surface area contributed by atoms with E-state index in [1.165, 1.54) is 0 Å². The van der Waals surface area contributed by atoms with Crippen LogP contribution in [0.25, 0.3) is 0 Å². The molecule has 18 heavy (non-hydrogen) atoms. The van der Waals surface area contributed by atoms with E-state index in [0.29, 0.717) is 12.5 Å². The molecule has 104 valence electrons. The van der Waals surface area contributed by atoms with Crippen molar-refractivity contribution in [2.75, 3.05) is 53.2 Å². The lowest BCUT2D eigenvalue weighted by Crippen LogP contribution is -2.46. The third kappa shape index (κ3) is 3.34. The van der Waals surface area contributed by atoms with Crippen molar-refractivity contribution in [2.24, 2.45) is 10.7 Å². The average Bonchev–Trinajstić information content (AvgIpc) is 2.47. The quantitative estimate of drug-likeness (QED) is 0.561. The molecule has 0 saturated carbocycles. The third-order valence-corrected chi connectivity index (χ3v) is 3.70. The first-order chi connectivity index (χ1) is 8.76. The maximum absolute atomic E-state index is 6.01. The Balaban J connectivity index is 1.90. The molecule has 0 atom stereocenters. The first kappa shape index (κ1) is 13.6. The highest BCUT2D eigenvalue weighted by Gasteiger charge is 2.32. The highest BCUT2D eigenvalue weighted by molar-refractivity contribution is 5.78. The molecule has 2 rings (SSSR count). The van der Waals surface area contributed by atoms with Crippen LogP contribution in [0.2, 0.25) is 0 Å². The van der Waals surface area contributed by atoms with Gasteiger partial charge < -0.3 is 24.8 Å². The van der Waals surface area contributed by atoms with Crippen LogP contribution in [0, 0.1) is 0 Å². The average molecular weight is 257 g/mol. The van der Waals surface area contributed by atoms with Crippen molar-refractivity contribution in [3.63, 3.8) is 0 Å². The number of methoxy groups -OCH3 is 1. The van der Waals surface area contributed by atoms with Crippen LogP contribution in [0.15, 0.2) is 4.99 Å². The van der Waals surface area contributed by atoms with Crippen molar-refractivity contribution in [2.45, 2.75) is 18.4 Å². The van der Waals surface area contributed by atoms with Crippen LogP contribution in [-0.4, -0.2) is 69.6 Å². The molecule has 2 aliphatic heterocycles. The highest BCUT2D eigenvalue weighted by atomic mass is 16.5. The van der Waals surface area contributed by atoms with E-state index in [4.69, 9.17) is 19.9 Å². The number of ether oxygens (including phenoxy) is 3. The van der Waals surface area contributed by atoms with Gasteiger partial charge in [-0.25, -0.2) is 0 Å². The molecule has 0 aromatic heterocycles. The zero-order valence-corrected chi connectivity index (χ0v) is 11.1. The molecular weight excluding hydrogens is 234 g/mol. The van der Waals surface area contributed by atoms with Crippen LogP contribution in [0.1, 0.15) is 12.8 Å². The van der Waals surface area contributed by atoms with Crippen LogP contribution in [0.4, 0.5) is 0 Å². The Hall–Kier alpha value is -0.850. The van der Waals surface area contributed by atoms with Gasteiger partial charge in [0.15, 0.2) is 5.96 Å². The normalized spacial score (nSPS) is 25.2. The standard InChI is InChI=1S/C12H23N3O3/c1-16-12(2-6-17-7-3-12)10-14-11(13)15-4-8-18-9-5-15/h2-10H2,1H3,(H2,13,14). The summed E-state index contributed by atoms with van der Waals surface area (Å²) in [5, 5.41) is 0. The van der Waals surface area contributed by atoms with Gasteiger partial charge in [-0.2, -0.15) is 0 Å². The van der Waals surface area contributed by atoms with E-state index in [9.17, 15) is 0 Å².